The Balaban J connectivity index is 2.66. The zero-order valence-electron chi connectivity index (χ0n) is 10.8. The number of nitrogens with one attached hydrogen (secondary N) is 1. The third kappa shape index (κ3) is 2.45. The van der Waals surface area contributed by atoms with Gasteiger partial charge in [0.15, 0.2) is 0 Å². The number of nitrogens with zero attached hydrogens (tertiary/aromatic N) is 1. The number of anilines is 1. The van der Waals surface area contributed by atoms with Gasteiger partial charge in [0, 0.05) is 5.39 Å². The molecule has 0 radical (unpaired) electrons. The minimum atomic E-state index is -1.05. The third-order valence-corrected chi connectivity index (χ3v) is 3.04. The van der Waals surface area contributed by atoms with E-state index in [1.54, 1.807) is 37.3 Å². The van der Waals surface area contributed by atoms with E-state index in [4.69, 9.17) is 5.26 Å². The van der Waals surface area contributed by atoms with Gasteiger partial charge < -0.3 is 10.4 Å². The second-order valence-electron chi connectivity index (χ2n) is 4.33. The molecule has 100 valence electrons. The highest BCUT2D eigenvalue weighted by Gasteiger charge is 2.16. The van der Waals surface area contributed by atoms with E-state index < -0.39 is 11.9 Å². The SMILES string of the molecule is Cc1c(C(=O)O)cc2ccccc2c1NC(=O)CC#N. The Morgan fingerprint density at radius 3 is 2.70 bits per heavy atom. The van der Waals surface area contributed by atoms with Gasteiger partial charge >= 0.3 is 5.97 Å². The number of carbonyl (C=O) groups excluding carboxylic acids is 1. The normalized spacial score (nSPS) is 10.0. The average molecular weight is 268 g/mol. The molecule has 20 heavy (non-hydrogen) atoms. The molecule has 0 fully saturated rings. The molecule has 0 bridgehead atoms. The number of hydrogen-bond donors (Lipinski definition) is 2. The highest BCUT2D eigenvalue weighted by atomic mass is 16.4. The van der Waals surface area contributed by atoms with Crippen LogP contribution in [0.2, 0.25) is 0 Å². The summed E-state index contributed by atoms with van der Waals surface area (Å²) >= 11 is 0. The molecular formula is C15H12N2O3. The van der Waals surface area contributed by atoms with Crippen LogP contribution in [0.1, 0.15) is 22.3 Å². The molecule has 2 N–H and O–H groups in total. The lowest BCUT2D eigenvalue weighted by Crippen LogP contribution is -2.13. The monoisotopic (exact) mass is 268 g/mol. The quantitative estimate of drug-likeness (QED) is 0.895. The van der Waals surface area contributed by atoms with Crippen molar-refractivity contribution in [3.05, 3.63) is 41.5 Å². The summed E-state index contributed by atoms with van der Waals surface area (Å²) in [5.74, 6) is -1.51. The van der Waals surface area contributed by atoms with Gasteiger partial charge in [-0.3, -0.25) is 4.79 Å². The molecule has 0 aliphatic carbocycles. The van der Waals surface area contributed by atoms with Crippen molar-refractivity contribution in [2.45, 2.75) is 13.3 Å². The number of rotatable bonds is 3. The van der Waals surface area contributed by atoms with Crippen LogP contribution in [0.15, 0.2) is 30.3 Å². The van der Waals surface area contributed by atoms with Crippen molar-refractivity contribution in [1.82, 2.24) is 0 Å². The molecule has 0 aliphatic rings. The van der Waals surface area contributed by atoms with E-state index in [1.807, 2.05) is 6.07 Å². The molecule has 0 aliphatic heterocycles. The van der Waals surface area contributed by atoms with Crippen molar-refractivity contribution in [2.24, 2.45) is 0 Å². The second-order valence-corrected chi connectivity index (χ2v) is 4.33. The smallest absolute Gasteiger partial charge is 0.336 e. The van der Waals surface area contributed by atoms with Crippen molar-refractivity contribution in [2.75, 3.05) is 5.32 Å². The Morgan fingerprint density at radius 1 is 1.35 bits per heavy atom. The Labute approximate surface area is 115 Å². The molecule has 0 atom stereocenters. The third-order valence-electron chi connectivity index (χ3n) is 3.04. The maximum atomic E-state index is 11.6. The highest BCUT2D eigenvalue weighted by molar-refractivity contribution is 6.08. The summed E-state index contributed by atoms with van der Waals surface area (Å²) in [5, 5.41) is 21.9. The van der Waals surface area contributed by atoms with Gasteiger partial charge in [-0.15, -0.1) is 0 Å². The molecule has 0 aromatic heterocycles. The number of carboxylic acid groups (broad SMARTS) is 1. The molecule has 2 rings (SSSR count). The summed E-state index contributed by atoms with van der Waals surface area (Å²) < 4.78 is 0. The van der Waals surface area contributed by atoms with E-state index in [1.165, 1.54) is 0 Å². The largest absolute Gasteiger partial charge is 0.478 e. The van der Waals surface area contributed by atoms with Crippen LogP contribution < -0.4 is 5.32 Å². The standard InChI is InChI=1S/C15H12N2O3/c1-9-12(15(19)20)8-10-4-2-3-5-11(10)14(9)17-13(18)6-7-16/h2-5,8H,6H2,1H3,(H,17,18)(H,19,20). The van der Waals surface area contributed by atoms with Crippen molar-refractivity contribution in [3.8, 4) is 6.07 Å². The van der Waals surface area contributed by atoms with Crippen LogP contribution in [0.25, 0.3) is 10.8 Å². The fraction of sp³-hybridized carbons (Fsp3) is 0.133. The molecule has 0 saturated carbocycles. The lowest BCUT2D eigenvalue weighted by Gasteiger charge is -2.13. The van der Waals surface area contributed by atoms with E-state index in [9.17, 15) is 14.7 Å². The van der Waals surface area contributed by atoms with Crippen LogP contribution in [0.4, 0.5) is 5.69 Å². The summed E-state index contributed by atoms with van der Waals surface area (Å²) in [6, 6.07) is 10.5. The fourth-order valence-electron chi connectivity index (χ4n) is 2.09. The minimum Gasteiger partial charge on any atom is -0.478 e. The summed E-state index contributed by atoms with van der Waals surface area (Å²) in [6.07, 6.45) is -0.273. The number of aromatic carboxylic acids is 1. The maximum Gasteiger partial charge on any atom is 0.336 e. The predicted octanol–water partition coefficient (Wildman–Crippen LogP) is 2.70. The van der Waals surface area contributed by atoms with Crippen LogP contribution in [0.5, 0.6) is 0 Å². The molecule has 5 nitrogen and oxygen atoms in total. The van der Waals surface area contributed by atoms with Crippen LogP contribution in [0.3, 0.4) is 0 Å². The summed E-state index contributed by atoms with van der Waals surface area (Å²) in [6.45, 7) is 1.64. The Kier molecular flexibility index (Phi) is 3.67. The van der Waals surface area contributed by atoms with Gasteiger partial charge in [-0.25, -0.2) is 4.79 Å². The first-order valence-electron chi connectivity index (χ1n) is 5.97. The molecule has 0 spiro atoms. The van der Waals surface area contributed by atoms with Gasteiger partial charge in [-0.05, 0) is 23.9 Å². The first kappa shape index (κ1) is 13.6. The van der Waals surface area contributed by atoms with E-state index in [0.29, 0.717) is 11.3 Å². The zero-order valence-corrected chi connectivity index (χ0v) is 10.8. The summed E-state index contributed by atoms with van der Waals surface area (Å²) in [4.78, 5) is 22.9. The topological polar surface area (TPSA) is 90.2 Å². The Bertz CT molecular complexity index is 745. The molecule has 1 amide bonds. The van der Waals surface area contributed by atoms with Gasteiger partial charge in [0.05, 0.1) is 17.3 Å². The predicted molar refractivity (Wildman–Crippen MR) is 74.5 cm³/mol. The van der Waals surface area contributed by atoms with Crippen molar-refractivity contribution in [1.29, 1.82) is 5.26 Å². The first-order valence-corrected chi connectivity index (χ1v) is 5.97. The number of benzene rings is 2. The minimum absolute atomic E-state index is 0.135. The van der Waals surface area contributed by atoms with Crippen LogP contribution >= 0.6 is 0 Å². The maximum absolute atomic E-state index is 11.6. The van der Waals surface area contributed by atoms with Crippen LogP contribution in [0, 0.1) is 18.3 Å². The molecule has 0 heterocycles. The highest BCUT2D eigenvalue weighted by Crippen LogP contribution is 2.30. The Hall–Kier alpha value is -2.87. The van der Waals surface area contributed by atoms with Gasteiger partial charge in [0.25, 0.3) is 0 Å². The average Bonchev–Trinajstić information content (AvgIpc) is 2.41. The van der Waals surface area contributed by atoms with Gasteiger partial charge in [0.2, 0.25) is 5.91 Å². The van der Waals surface area contributed by atoms with Crippen LogP contribution in [-0.2, 0) is 4.79 Å². The Morgan fingerprint density at radius 2 is 2.05 bits per heavy atom. The molecule has 0 saturated heterocycles. The molecule has 5 heteroatoms. The fourth-order valence-corrected chi connectivity index (χ4v) is 2.09. The summed E-state index contributed by atoms with van der Waals surface area (Å²) in [7, 11) is 0. The number of carboxylic acids is 1. The number of amides is 1. The van der Waals surface area contributed by atoms with E-state index >= 15 is 0 Å². The molecule has 0 unspecified atom stereocenters. The van der Waals surface area contributed by atoms with E-state index in [-0.39, 0.29) is 12.0 Å². The number of nitriles is 1. The van der Waals surface area contributed by atoms with Crippen LogP contribution in [-0.4, -0.2) is 17.0 Å². The zero-order chi connectivity index (χ0) is 14.7. The molecule has 2 aromatic carbocycles. The first-order chi connectivity index (χ1) is 9.54. The van der Waals surface area contributed by atoms with Gasteiger partial charge in [-0.1, -0.05) is 24.3 Å². The van der Waals surface area contributed by atoms with Gasteiger partial charge in [0.1, 0.15) is 6.42 Å². The van der Waals surface area contributed by atoms with Crippen molar-refractivity contribution in [3.63, 3.8) is 0 Å². The number of carbonyl (C=O) groups is 2. The molecular weight excluding hydrogens is 256 g/mol. The number of hydrogen-bond acceptors (Lipinski definition) is 3. The van der Waals surface area contributed by atoms with Gasteiger partial charge in [-0.2, -0.15) is 5.26 Å². The summed E-state index contributed by atoms with van der Waals surface area (Å²) in [5.41, 5.74) is 1.05. The van der Waals surface area contributed by atoms with Crippen molar-refractivity contribution < 1.29 is 14.7 Å². The van der Waals surface area contributed by atoms with E-state index in [2.05, 4.69) is 5.32 Å². The molecule has 2 aromatic rings. The lowest BCUT2D eigenvalue weighted by molar-refractivity contribution is -0.115. The van der Waals surface area contributed by atoms with E-state index in [0.717, 1.165) is 10.8 Å². The lowest BCUT2D eigenvalue weighted by atomic mass is 9.99. The number of fused-ring (bicyclic) bond motifs is 1. The second kappa shape index (κ2) is 5.41. The van der Waals surface area contributed by atoms with Crippen molar-refractivity contribution >= 4 is 28.3 Å².